The first-order valence-electron chi connectivity index (χ1n) is 6.77. The van der Waals surface area contributed by atoms with Gasteiger partial charge in [0, 0.05) is 5.41 Å². The maximum atomic E-state index is 10.4. The molecule has 0 spiro atoms. The smallest absolute Gasteiger partial charge is 0.153 e. The topological polar surface area (TPSA) is 50.4 Å². The Hall–Kier alpha value is -1.13. The van der Waals surface area contributed by atoms with Crippen LogP contribution in [0.4, 0.5) is 0 Å². The van der Waals surface area contributed by atoms with Crippen molar-refractivity contribution >= 4 is 17.2 Å². The van der Waals surface area contributed by atoms with E-state index < -0.39 is 6.10 Å². The first kappa shape index (κ1) is 14.3. The van der Waals surface area contributed by atoms with Gasteiger partial charge in [0.15, 0.2) is 5.65 Å². The molecule has 4 nitrogen and oxygen atoms in total. The number of halogens is 1. The van der Waals surface area contributed by atoms with Gasteiger partial charge in [-0.1, -0.05) is 32.4 Å². The molecule has 2 heterocycles. The average molecular weight is 282 g/mol. The summed E-state index contributed by atoms with van der Waals surface area (Å²) in [5, 5.41) is 15.0. The molecule has 1 atom stereocenters. The van der Waals surface area contributed by atoms with Crippen LogP contribution in [0.25, 0.3) is 5.65 Å². The molecule has 0 aliphatic carbocycles. The summed E-state index contributed by atoms with van der Waals surface area (Å²) in [7, 11) is 0. The van der Waals surface area contributed by atoms with E-state index in [0.29, 0.717) is 11.6 Å². The molecule has 5 heteroatoms. The van der Waals surface area contributed by atoms with Crippen LogP contribution in [0.15, 0.2) is 18.3 Å². The van der Waals surface area contributed by atoms with Gasteiger partial charge in [0.05, 0.1) is 18.0 Å². The summed E-state index contributed by atoms with van der Waals surface area (Å²) in [6.07, 6.45) is 3.88. The summed E-state index contributed by atoms with van der Waals surface area (Å²) in [5.41, 5.74) is 1.34. The summed E-state index contributed by atoms with van der Waals surface area (Å²) < 4.78 is 1.68. The van der Waals surface area contributed by atoms with Gasteiger partial charge >= 0.3 is 0 Å². The SMILES string of the molecule is CCC(O)C(CC)(CC)c1cn2nc(Cl)ccc2n1. The summed E-state index contributed by atoms with van der Waals surface area (Å²) >= 11 is 5.89. The van der Waals surface area contributed by atoms with Crippen LogP contribution in [0.2, 0.25) is 5.15 Å². The van der Waals surface area contributed by atoms with Crippen LogP contribution in [-0.4, -0.2) is 25.8 Å². The van der Waals surface area contributed by atoms with Crippen molar-refractivity contribution in [1.29, 1.82) is 0 Å². The zero-order valence-corrected chi connectivity index (χ0v) is 12.4. The fourth-order valence-corrected chi connectivity index (χ4v) is 2.89. The molecule has 0 bridgehead atoms. The zero-order valence-electron chi connectivity index (χ0n) is 11.6. The van der Waals surface area contributed by atoms with Gasteiger partial charge in [-0.2, -0.15) is 5.10 Å². The van der Waals surface area contributed by atoms with Gasteiger partial charge in [-0.15, -0.1) is 0 Å². The Labute approximate surface area is 118 Å². The Morgan fingerprint density at radius 1 is 1.32 bits per heavy atom. The van der Waals surface area contributed by atoms with E-state index in [4.69, 9.17) is 11.6 Å². The van der Waals surface area contributed by atoms with Gasteiger partial charge in [-0.25, -0.2) is 9.50 Å². The minimum Gasteiger partial charge on any atom is -0.392 e. The van der Waals surface area contributed by atoms with E-state index in [0.717, 1.165) is 24.2 Å². The highest BCUT2D eigenvalue weighted by atomic mass is 35.5. The lowest BCUT2D eigenvalue weighted by Crippen LogP contribution is -2.38. The van der Waals surface area contributed by atoms with Crippen LogP contribution in [0.5, 0.6) is 0 Å². The van der Waals surface area contributed by atoms with Crippen molar-refractivity contribution in [2.75, 3.05) is 0 Å². The van der Waals surface area contributed by atoms with E-state index in [1.54, 1.807) is 10.6 Å². The Morgan fingerprint density at radius 2 is 2.00 bits per heavy atom. The predicted octanol–water partition coefficient (Wildman–Crippen LogP) is 3.21. The molecule has 19 heavy (non-hydrogen) atoms. The van der Waals surface area contributed by atoms with E-state index in [-0.39, 0.29) is 5.41 Å². The molecule has 1 unspecified atom stereocenters. The minimum absolute atomic E-state index is 0.311. The van der Waals surface area contributed by atoms with Crippen molar-refractivity contribution in [3.8, 4) is 0 Å². The largest absolute Gasteiger partial charge is 0.392 e. The molecule has 104 valence electrons. The quantitative estimate of drug-likeness (QED) is 0.915. The van der Waals surface area contributed by atoms with Crippen molar-refractivity contribution in [2.45, 2.75) is 51.6 Å². The van der Waals surface area contributed by atoms with Gasteiger partial charge in [0.2, 0.25) is 0 Å². The first-order valence-corrected chi connectivity index (χ1v) is 7.15. The average Bonchev–Trinajstić information content (AvgIpc) is 2.83. The van der Waals surface area contributed by atoms with Crippen molar-refractivity contribution < 1.29 is 5.11 Å². The van der Waals surface area contributed by atoms with Gasteiger partial charge in [0.25, 0.3) is 0 Å². The number of rotatable bonds is 5. The lowest BCUT2D eigenvalue weighted by molar-refractivity contribution is 0.0676. The minimum atomic E-state index is -0.400. The van der Waals surface area contributed by atoms with E-state index in [1.807, 2.05) is 19.2 Å². The molecular weight excluding hydrogens is 262 g/mol. The molecule has 0 saturated heterocycles. The molecule has 0 amide bonds. The summed E-state index contributed by atoms with van der Waals surface area (Å²) in [5.74, 6) is 0. The predicted molar refractivity (Wildman–Crippen MR) is 76.6 cm³/mol. The van der Waals surface area contributed by atoms with Gasteiger partial charge in [-0.05, 0) is 31.4 Å². The highest BCUT2D eigenvalue weighted by molar-refractivity contribution is 6.29. The Bertz CT molecular complexity index is 563. The molecule has 0 saturated carbocycles. The van der Waals surface area contributed by atoms with Gasteiger partial charge in [-0.3, -0.25) is 0 Å². The fourth-order valence-electron chi connectivity index (χ4n) is 2.74. The number of aromatic nitrogens is 3. The molecule has 0 aromatic carbocycles. The number of imidazole rings is 1. The third-order valence-electron chi connectivity index (χ3n) is 4.08. The van der Waals surface area contributed by atoms with Crippen molar-refractivity contribution in [1.82, 2.24) is 14.6 Å². The lowest BCUT2D eigenvalue weighted by atomic mass is 9.73. The van der Waals surface area contributed by atoms with Crippen LogP contribution >= 0.6 is 11.6 Å². The lowest BCUT2D eigenvalue weighted by Gasteiger charge is -2.34. The molecule has 0 aliphatic rings. The molecule has 0 aliphatic heterocycles. The van der Waals surface area contributed by atoms with E-state index in [2.05, 4.69) is 23.9 Å². The van der Waals surface area contributed by atoms with Crippen LogP contribution in [0.1, 0.15) is 45.7 Å². The second-order valence-corrected chi connectivity index (χ2v) is 5.26. The monoisotopic (exact) mass is 281 g/mol. The van der Waals surface area contributed by atoms with Crippen LogP contribution in [0.3, 0.4) is 0 Å². The van der Waals surface area contributed by atoms with Crippen molar-refractivity contribution in [2.24, 2.45) is 0 Å². The maximum Gasteiger partial charge on any atom is 0.153 e. The van der Waals surface area contributed by atoms with Crippen LogP contribution in [-0.2, 0) is 5.41 Å². The first-order chi connectivity index (χ1) is 9.07. The Kier molecular flexibility index (Phi) is 4.11. The van der Waals surface area contributed by atoms with Gasteiger partial charge < -0.3 is 5.11 Å². The number of hydrogen-bond donors (Lipinski definition) is 1. The third kappa shape index (κ3) is 2.35. The fraction of sp³-hybridized carbons (Fsp3) is 0.571. The zero-order chi connectivity index (χ0) is 14.0. The number of aliphatic hydroxyl groups is 1. The molecule has 2 rings (SSSR count). The molecular formula is C14H20ClN3O. The second-order valence-electron chi connectivity index (χ2n) is 4.87. The number of hydrogen-bond acceptors (Lipinski definition) is 3. The summed E-state index contributed by atoms with van der Waals surface area (Å²) in [6, 6.07) is 3.57. The molecule has 1 N–H and O–H groups in total. The second kappa shape index (κ2) is 5.47. The highest BCUT2D eigenvalue weighted by Gasteiger charge is 2.37. The number of aliphatic hydroxyl groups excluding tert-OH is 1. The van der Waals surface area contributed by atoms with Crippen molar-refractivity contribution in [3.05, 3.63) is 29.2 Å². The van der Waals surface area contributed by atoms with E-state index >= 15 is 0 Å². The molecule has 0 radical (unpaired) electrons. The Morgan fingerprint density at radius 3 is 2.58 bits per heavy atom. The number of fused-ring (bicyclic) bond motifs is 1. The summed E-state index contributed by atoms with van der Waals surface area (Å²) in [6.45, 7) is 6.18. The standard InChI is InChI=1S/C14H20ClN3O/c1-4-11(19)14(5-2,6-3)10-9-18-13(16-10)8-7-12(15)17-18/h7-9,11,19H,4-6H2,1-3H3. The Balaban J connectivity index is 2.56. The van der Waals surface area contributed by atoms with Crippen LogP contribution in [0, 0.1) is 0 Å². The molecule has 2 aromatic rings. The molecule has 0 fully saturated rings. The third-order valence-corrected chi connectivity index (χ3v) is 4.29. The van der Waals surface area contributed by atoms with E-state index in [1.165, 1.54) is 0 Å². The maximum absolute atomic E-state index is 10.4. The number of nitrogens with zero attached hydrogens (tertiary/aromatic N) is 3. The van der Waals surface area contributed by atoms with Gasteiger partial charge in [0.1, 0.15) is 5.15 Å². The van der Waals surface area contributed by atoms with E-state index in [9.17, 15) is 5.11 Å². The normalized spacial score (nSPS) is 13.9. The van der Waals surface area contributed by atoms with Crippen molar-refractivity contribution in [3.63, 3.8) is 0 Å². The summed E-state index contributed by atoms with van der Waals surface area (Å²) in [4.78, 5) is 4.62. The molecule has 2 aromatic heterocycles. The highest BCUT2D eigenvalue weighted by Crippen LogP contribution is 2.36. The van der Waals surface area contributed by atoms with Crippen LogP contribution < -0.4 is 0 Å².